The number of amides is 2. The summed E-state index contributed by atoms with van der Waals surface area (Å²) in [4.78, 5) is 47.2. The number of fused-ring (bicyclic) bond motifs is 1. The molecule has 4 aromatic rings. The maximum absolute atomic E-state index is 12.1. The first-order valence-electron chi connectivity index (χ1n) is 13.4. The Bertz CT molecular complexity index is 1600. The second-order valence-corrected chi connectivity index (χ2v) is 10.9. The van der Waals surface area contributed by atoms with E-state index < -0.39 is 11.4 Å². The highest BCUT2D eigenvalue weighted by atomic mass is 32.1. The third kappa shape index (κ3) is 5.55. The average Bonchev–Trinajstić information content (AvgIpc) is 3.21. The number of carbonyl (C=O) groups is 2. The molecule has 3 aromatic heterocycles. The van der Waals surface area contributed by atoms with Crippen LogP contribution in [0.4, 0.5) is 9.93 Å². The van der Waals surface area contributed by atoms with Gasteiger partial charge in [0.25, 0.3) is 0 Å². The monoisotopic (exact) mass is 557 g/mol. The Morgan fingerprint density at radius 2 is 1.85 bits per heavy atom. The molecular weight excluding hydrogens is 526 g/mol. The van der Waals surface area contributed by atoms with Crippen molar-refractivity contribution in [2.45, 2.75) is 52.9 Å². The number of anilines is 1. The van der Waals surface area contributed by atoms with Crippen molar-refractivity contribution in [1.29, 1.82) is 0 Å². The first-order valence-corrected chi connectivity index (χ1v) is 14.2. The van der Waals surface area contributed by atoms with E-state index in [1.54, 1.807) is 18.6 Å². The molecule has 1 aliphatic carbocycles. The fourth-order valence-corrected chi connectivity index (χ4v) is 5.94. The molecule has 1 atom stereocenters. The smallest absolute Gasteiger partial charge is 0.321 e. The molecule has 0 fully saturated rings. The Morgan fingerprint density at radius 1 is 1.05 bits per heavy atom. The molecule has 3 heterocycles. The molecule has 0 bridgehead atoms. The molecule has 5 rings (SSSR count). The van der Waals surface area contributed by atoms with E-state index in [1.807, 2.05) is 39.0 Å². The number of hydrogen-bond donors (Lipinski definition) is 3. The van der Waals surface area contributed by atoms with Crippen LogP contribution in [-0.4, -0.2) is 48.6 Å². The van der Waals surface area contributed by atoms with Crippen molar-refractivity contribution in [3.05, 3.63) is 54.4 Å². The quantitative estimate of drug-likeness (QED) is 0.247. The molecule has 1 aliphatic rings. The summed E-state index contributed by atoms with van der Waals surface area (Å²) in [6, 6.07) is 5.47. The molecular formula is C29H31N7O3S. The predicted molar refractivity (Wildman–Crippen MR) is 156 cm³/mol. The van der Waals surface area contributed by atoms with Gasteiger partial charge in [0.1, 0.15) is 0 Å². The molecule has 0 saturated carbocycles. The van der Waals surface area contributed by atoms with Gasteiger partial charge in [-0.2, -0.15) is 0 Å². The number of aromatic nitrogens is 5. The van der Waals surface area contributed by atoms with E-state index in [1.165, 1.54) is 11.3 Å². The standard InChI is InChI=1S/C29H31N7O3S/c1-4-29(26(37)38)10-6-7-18(8-11-29)24-32-15-20(16-33-24)19-13-21(25-31-12-9-17(3)34-25)23-22(14-19)35-28(40-23)36-27(39)30-5-2/h7,9,12-16H,4-6,8,10-11H2,1-3H3,(H,37,38)(H2,30,35,36,39). The lowest BCUT2D eigenvalue weighted by Crippen LogP contribution is -2.29. The molecule has 0 saturated heterocycles. The number of thiazole rings is 1. The van der Waals surface area contributed by atoms with Crippen LogP contribution in [-0.2, 0) is 4.79 Å². The number of carboxylic acid groups (broad SMARTS) is 1. The van der Waals surface area contributed by atoms with Gasteiger partial charge in [0.15, 0.2) is 16.8 Å². The van der Waals surface area contributed by atoms with Gasteiger partial charge in [0.2, 0.25) is 0 Å². The van der Waals surface area contributed by atoms with E-state index in [4.69, 9.17) is 0 Å². The fraction of sp³-hybridized carbons (Fsp3) is 0.345. The van der Waals surface area contributed by atoms with Crippen LogP contribution in [0.3, 0.4) is 0 Å². The van der Waals surface area contributed by atoms with Gasteiger partial charge in [-0.3, -0.25) is 10.1 Å². The first-order chi connectivity index (χ1) is 19.3. The topological polar surface area (TPSA) is 143 Å². The van der Waals surface area contributed by atoms with Crippen LogP contribution >= 0.6 is 11.3 Å². The van der Waals surface area contributed by atoms with Gasteiger partial charge < -0.3 is 10.4 Å². The van der Waals surface area contributed by atoms with Gasteiger partial charge in [-0.15, -0.1) is 0 Å². The van der Waals surface area contributed by atoms with Crippen LogP contribution in [0, 0.1) is 12.3 Å². The number of aryl methyl sites for hydroxylation is 1. The summed E-state index contributed by atoms with van der Waals surface area (Å²) >= 11 is 1.37. The minimum atomic E-state index is -0.726. The van der Waals surface area contributed by atoms with Crippen LogP contribution in [0.2, 0.25) is 0 Å². The minimum absolute atomic E-state index is 0.313. The van der Waals surface area contributed by atoms with E-state index >= 15 is 0 Å². The number of rotatable bonds is 7. The number of aliphatic carboxylic acids is 1. The SMILES string of the molecule is CCNC(=O)Nc1nc2cc(-c3cnc(C4=CCCC(CC)(C(=O)O)CC4)nc3)cc(-c3nccc(C)n3)c2s1. The van der Waals surface area contributed by atoms with Crippen molar-refractivity contribution in [1.82, 2.24) is 30.2 Å². The Hall–Kier alpha value is -4.25. The second kappa shape index (κ2) is 11.5. The predicted octanol–water partition coefficient (Wildman–Crippen LogP) is 6.10. The fourth-order valence-electron chi connectivity index (χ4n) is 4.99. The lowest BCUT2D eigenvalue weighted by Gasteiger charge is -2.26. The summed E-state index contributed by atoms with van der Waals surface area (Å²) in [6.07, 6.45) is 10.5. The van der Waals surface area contributed by atoms with Crippen molar-refractivity contribution in [2.24, 2.45) is 5.41 Å². The number of nitrogens with zero attached hydrogens (tertiary/aromatic N) is 5. The Morgan fingerprint density at radius 3 is 2.55 bits per heavy atom. The van der Waals surface area contributed by atoms with Gasteiger partial charge in [0.05, 0.1) is 15.6 Å². The number of nitrogens with one attached hydrogen (secondary N) is 2. The van der Waals surface area contributed by atoms with E-state index in [-0.39, 0.29) is 6.03 Å². The van der Waals surface area contributed by atoms with Gasteiger partial charge in [0, 0.05) is 42.0 Å². The third-order valence-corrected chi connectivity index (χ3v) is 8.39. The highest BCUT2D eigenvalue weighted by Gasteiger charge is 2.37. The first kappa shape index (κ1) is 27.3. The number of urea groups is 1. The zero-order valence-electron chi connectivity index (χ0n) is 22.7. The maximum Gasteiger partial charge on any atom is 0.321 e. The molecule has 1 unspecified atom stereocenters. The lowest BCUT2D eigenvalue weighted by molar-refractivity contribution is -0.150. The molecule has 0 aliphatic heterocycles. The van der Waals surface area contributed by atoms with Crippen molar-refractivity contribution in [3.8, 4) is 22.5 Å². The van der Waals surface area contributed by atoms with E-state index in [9.17, 15) is 14.7 Å². The summed E-state index contributed by atoms with van der Waals surface area (Å²) in [5, 5.41) is 15.8. The van der Waals surface area contributed by atoms with Crippen LogP contribution < -0.4 is 10.6 Å². The third-order valence-electron chi connectivity index (χ3n) is 7.37. The number of allylic oxidation sites excluding steroid dienone is 2. The average molecular weight is 558 g/mol. The van der Waals surface area contributed by atoms with E-state index in [0.717, 1.165) is 32.7 Å². The summed E-state index contributed by atoms with van der Waals surface area (Å²) in [6.45, 7) is 6.22. The summed E-state index contributed by atoms with van der Waals surface area (Å²) in [5.41, 5.74) is 4.28. The summed E-state index contributed by atoms with van der Waals surface area (Å²) in [7, 11) is 0. The molecule has 2 amide bonds. The van der Waals surface area contributed by atoms with Crippen LogP contribution in [0.25, 0.3) is 38.3 Å². The lowest BCUT2D eigenvalue weighted by atomic mass is 9.77. The Balaban J connectivity index is 1.49. The number of hydrogen-bond acceptors (Lipinski definition) is 8. The number of benzene rings is 1. The highest BCUT2D eigenvalue weighted by molar-refractivity contribution is 7.22. The van der Waals surface area contributed by atoms with Crippen LogP contribution in [0.1, 0.15) is 57.5 Å². The molecule has 10 nitrogen and oxygen atoms in total. The zero-order chi connectivity index (χ0) is 28.3. The van der Waals surface area contributed by atoms with Crippen molar-refractivity contribution in [2.75, 3.05) is 11.9 Å². The normalized spacial score (nSPS) is 17.2. The van der Waals surface area contributed by atoms with Gasteiger partial charge in [-0.1, -0.05) is 24.3 Å². The highest BCUT2D eigenvalue weighted by Crippen LogP contribution is 2.40. The molecule has 3 N–H and O–H groups in total. The molecule has 40 heavy (non-hydrogen) atoms. The maximum atomic E-state index is 12.1. The molecule has 11 heteroatoms. The van der Waals surface area contributed by atoms with Crippen molar-refractivity contribution < 1.29 is 14.7 Å². The van der Waals surface area contributed by atoms with E-state index in [0.29, 0.717) is 60.9 Å². The van der Waals surface area contributed by atoms with Gasteiger partial charge in [-0.25, -0.2) is 29.7 Å². The molecule has 0 radical (unpaired) electrons. The van der Waals surface area contributed by atoms with Gasteiger partial charge in [-0.05, 0) is 75.3 Å². The van der Waals surface area contributed by atoms with Gasteiger partial charge >= 0.3 is 12.0 Å². The molecule has 206 valence electrons. The minimum Gasteiger partial charge on any atom is -0.481 e. The summed E-state index contributed by atoms with van der Waals surface area (Å²) < 4.78 is 0.861. The molecule has 1 aromatic carbocycles. The summed E-state index contributed by atoms with van der Waals surface area (Å²) in [5.74, 6) is 0.460. The Labute approximate surface area is 236 Å². The van der Waals surface area contributed by atoms with Crippen molar-refractivity contribution in [3.63, 3.8) is 0 Å². The number of carboxylic acids is 1. The van der Waals surface area contributed by atoms with Crippen LogP contribution in [0.15, 0.2) is 42.9 Å². The number of carbonyl (C=O) groups excluding carboxylic acids is 1. The van der Waals surface area contributed by atoms with E-state index in [2.05, 4.69) is 41.6 Å². The van der Waals surface area contributed by atoms with Crippen LogP contribution in [0.5, 0.6) is 0 Å². The van der Waals surface area contributed by atoms with Crippen molar-refractivity contribution >= 4 is 44.3 Å². The zero-order valence-corrected chi connectivity index (χ0v) is 23.5. The second-order valence-electron chi connectivity index (χ2n) is 9.90. The molecule has 0 spiro atoms. The largest absolute Gasteiger partial charge is 0.481 e. The Kier molecular flexibility index (Phi) is 7.83.